The summed E-state index contributed by atoms with van der Waals surface area (Å²) in [7, 11) is 5.98. The molecule has 1 aromatic heterocycles. The van der Waals surface area contributed by atoms with Gasteiger partial charge in [-0.3, -0.25) is 0 Å². The molecule has 0 radical (unpaired) electrons. The highest BCUT2D eigenvalue weighted by atomic mass is 16.5. The number of anilines is 2. The Bertz CT molecular complexity index is 421. The molecule has 2 rings (SSSR count). The van der Waals surface area contributed by atoms with Crippen molar-refractivity contribution in [3.05, 3.63) is 11.9 Å². The third-order valence-electron chi connectivity index (χ3n) is 3.99. The molecular weight excluding hydrogens is 266 g/mol. The van der Waals surface area contributed by atoms with Gasteiger partial charge in [-0.25, -0.2) is 9.97 Å². The van der Waals surface area contributed by atoms with Gasteiger partial charge in [0, 0.05) is 32.8 Å². The number of aromatic nitrogens is 2. The van der Waals surface area contributed by atoms with Crippen LogP contribution in [0.25, 0.3) is 0 Å². The lowest BCUT2D eigenvalue weighted by atomic mass is 10.0. The maximum atomic E-state index is 5.18. The van der Waals surface area contributed by atoms with Crippen molar-refractivity contribution in [1.82, 2.24) is 14.9 Å². The summed E-state index contributed by atoms with van der Waals surface area (Å²) in [5, 5.41) is 3.27. The molecule has 1 aliphatic heterocycles. The Morgan fingerprint density at radius 1 is 1.38 bits per heavy atom. The first-order valence-corrected chi connectivity index (χ1v) is 7.66. The van der Waals surface area contributed by atoms with Gasteiger partial charge in [-0.05, 0) is 39.9 Å². The van der Waals surface area contributed by atoms with Crippen molar-refractivity contribution in [2.45, 2.75) is 32.4 Å². The molecular formula is C15H27N5O. The van der Waals surface area contributed by atoms with Crippen LogP contribution >= 0.6 is 0 Å². The third kappa shape index (κ3) is 4.28. The zero-order chi connectivity index (χ0) is 15.2. The molecule has 6 heteroatoms. The standard InChI is InChI=1S/C15H27N5O/c1-5-16-13-10-15(18-14(17-13)11-21-4)20(3)12-6-8-19(2)9-7-12/h10,12H,5-9,11H2,1-4H3,(H,16,17,18). The van der Waals surface area contributed by atoms with E-state index >= 15 is 0 Å². The molecule has 0 atom stereocenters. The van der Waals surface area contributed by atoms with E-state index in [9.17, 15) is 0 Å². The van der Waals surface area contributed by atoms with Crippen LogP contribution in [-0.2, 0) is 11.3 Å². The fraction of sp³-hybridized carbons (Fsp3) is 0.733. The normalized spacial score (nSPS) is 17.0. The van der Waals surface area contributed by atoms with E-state index < -0.39 is 0 Å². The second-order valence-electron chi connectivity index (χ2n) is 5.64. The Morgan fingerprint density at radius 2 is 2.10 bits per heavy atom. The van der Waals surface area contributed by atoms with Gasteiger partial charge in [0.05, 0.1) is 0 Å². The average Bonchev–Trinajstić information content (AvgIpc) is 2.48. The molecule has 0 amide bonds. The summed E-state index contributed by atoms with van der Waals surface area (Å²) < 4.78 is 5.18. The number of nitrogens with zero attached hydrogens (tertiary/aromatic N) is 4. The average molecular weight is 293 g/mol. The van der Waals surface area contributed by atoms with E-state index in [1.807, 2.05) is 6.07 Å². The van der Waals surface area contributed by atoms with Crippen LogP contribution in [0, 0.1) is 0 Å². The number of rotatable bonds is 6. The van der Waals surface area contributed by atoms with Gasteiger partial charge in [-0.15, -0.1) is 0 Å². The molecule has 1 saturated heterocycles. The largest absolute Gasteiger partial charge is 0.377 e. The molecule has 118 valence electrons. The molecule has 1 N–H and O–H groups in total. The van der Waals surface area contributed by atoms with Gasteiger partial charge < -0.3 is 19.9 Å². The smallest absolute Gasteiger partial charge is 0.158 e. The predicted molar refractivity (Wildman–Crippen MR) is 85.8 cm³/mol. The minimum absolute atomic E-state index is 0.438. The lowest BCUT2D eigenvalue weighted by molar-refractivity contribution is 0.178. The fourth-order valence-electron chi connectivity index (χ4n) is 2.70. The molecule has 2 heterocycles. The van der Waals surface area contributed by atoms with Crippen LogP contribution in [0.15, 0.2) is 6.07 Å². The topological polar surface area (TPSA) is 53.5 Å². The van der Waals surface area contributed by atoms with Gasteiger partial charge in [-0.2, -0.15) is 0 Å². The highest BCUT2D eigenvalue weighted by molar-refractivity contribution is 5.49. The monoisotopic (exact) mass is 293 g/mol. The van der Waals surface area contributed by atoms with E-state index in [0.717, 1.165) is 37.1 Å². The van der Waals surface area contributed by atoms with E-state index in [0.29, 0.717) is 12.6 Å². The quantitative estimate of drug-likeness (QED) is 0.859. The summed E-state index contributed by atoms with van der Waals surface area (Å²) in [4.78, 5) is 13.8. The zero-order valence-electron chi connectivity index (χ0n) is 13.6. The highest BCUT2D eigenvalue weighted by Gasteiger charge is 2.22. The maximum absolute atomic E-state index is 5.18. The van der Waals surface area contributed by atoms with Crippen LogP contribution in [0.1, 0.15) is 25.6 Å². The Hall–Kier alpha value is -1.40. The highest BCUT2D eigenvalue weighted by Crippen LogP contribution is 2.22. The minimum Gasteiger partial charge on any atom is -0.377 e. The summed E-state index contributed by atoms with van der Waals surface area (Å²) in [6, 6.07) is 2.57. The third-order valence-corrected chi connectivity index (χ3v) is 3.99. The lowest BCUT2D eigenvalue weighted by Gasteiger charge is -2.35. The van der Waals surface area contributed by atoms with Crippen molar-refractivity contribution >= 4 is 11.6 Å². The number of nitrogens with one attached hydrogen (secondary N) is 1. The van der Waals surface area contributed by atoms with Gasteiger partial charge in [-0.1, -0.05) is 0 Å². The Morgan fingerprint density at radius 3 is 2.71 bits per heavy atom. The number of piperidine rings is 1. The van der Waals surface area contributed by atoms with Gasteiger partial charge in [0.1, 0.15) is 18.2 Å². The minimum atomic E-state index is 0.438. The summed E-state index contributed by atoms with van der Waals surface area (Å²) in [5.41, 5.74) is 0. The second-order valence-corrected chi connectivity index (χ2v) is 5.64. The van der Waals surface area contributed by atoms with E-state index in [1.54, 1.807) is 7.11 Å². The molecule has 0 spiro atoms. The number of likely N-dealkylation sites (tertiary alicyclic amines) is 1. The lowest BCUT2D eigenvalue weighted by Crippen LogP contribution is -2.42. The van der Waals surface area contributed by atoms with Gasteiger partial charge >= 0.3 is 0 Å². The van der Waals surface area contributed by atoms with Crippen molar-refractivity contribution < 1.29 is 4.74 Å². The van der Waals surface area contributed by atoms with Crippen LogP contribution < -0.4 is 10.2 Å². The fourth-order valence-corrected chi connectivity index (χ4v) is 2.70. The van der Waals surface area contributed by atoms with Crippen LogP contribution in [0.2, 0.25) is 0 Å². The van der Waals surface area contributed by atoms with Crippen molar-refractivity contribution in [2.24, 2.45) is 0 Å². The summed E-state index contributed by atoms with van der Waals surface area (Å²) in [6.45, 7) is 5.64. The van der Waals surface area contributed by atoms with Crippen molar-refractivity contribution in [3.63, 3.8) is 0 Å². The van der Waals surface area contributed by atoms with E-state index in [1.165, 1.54) is 12.8 Å². The maximum Gasteiger partial charge on any atom is 0.158 e. The van der Waals surface area contributed by atoms with Crippen LogP contribution in [0.5, 0.6) is 0 Å². The molecule has 1 aliphatic rings. The van der Waals surface area contributed by atoms with Gasteiger partial charge in [0.15, 0.2) is 5.82 Å². The van der Waals surface area contributed by atoms with E-state index in [-0.39, 0.29) is 0 Å². The molecule has 21 heavy (non-hydrogen) atoms. The number of hydrogen-bond donors (Lipinski definition) is 1. The molecule has 0 unspecified atom stereocenters. The first-order valence-electron chi connectivity index (χ1n) is 7.66. The molecule has 1 aromatic rings. The SMILES string of the molecule is CCNc1cc(N(C)C2CCN(C)CC2)nc(COC)n1. The first-order chi connectivity index (χ1) is 10.1. The summed E-state index contributed by atoms with van der Waals surface area (Å²) in [5.74, 6) is 2.57. The molecule has 0 aromatic carbocycles. The van der Waals surface area contributed by atoms with Crippen LogP contribution in [0.3, 0.4) is 0 Å². The van der Waals surface area contributed by atoms with Crippen molar-refractivity contribution in [3.8, 4) is 0 Å². The van der Waals surface area contributed by atoms with Crippen molar-refractivity contribution in [2.75, 3.05) is 51.1 Å². The van der Waals surface area contributed by atoms with Crippen LogP contribution in [-0.4, -0.2) is 61.7 Å². The number of methoxy groups -OCH3 is 1. The summed E-state index contributed by atoms with van der Waals surface area (Å²) in [6.07, 6.45) is 2.35. The number of hydrogen-bond acceptors (Lipinski definition) is 6. The molecule has 6 nitrogen and oxygen atoms in total. The molecule has 0 saturated carbocycles. The van der Waals surface area contributed by atoms with Crippen LogP contribution in [0.4, 0.5) is 11.6 Å². The van der Waals surface area contributed by atoms with E-state index in [2.05, 4.69) is 46.1 Å². The predicted octanol–water partition coefficient (Wildman–Crippen LogP) is 1.59. The zero-order valence-corrected chi connectivity index (χ0v) is 13.6. The van der Waals surface area contributed by atoms with Gasteiger partial charge in [0.2, 0.25) is 0 Å². The Balaban J connectivity index is 2.16. The second kappa shape index (κ2) is 7.56. The molecule has 0 aliphatic carbocycles. The Labute approximate surface area is 127 Å². The van der Waals surface area contributed by atoms with E-state index in [4.69, 9.17) is 4.74 Å². The Kier molecular flexibility index (Phi) is 5.76. The number of ether oxygens (including phenoxy) is 1. The van der Waals surface area contributed by atoms with Gasteiger partial charge in [0.25, 0.3) is 0 Å². The first kappa shape index (κ1) is 16.0. The molecule has 0 bridgehead atoms. The molecule has 1 fully saturated rings. The van der Waals surface area contributed by atoms with Crippen molar-refractivity contribution in [1.29, 1.82) is 0 Å². The summed E-state index contributed by atoms with van der Waals surface area (Å²) >= 11 is 0.